The molecule has 0 aromatic carbocycles. The first-order chi connectivity index (χ1) is 3.50. The summed E-state index contributed by atoms with van der Waals surface area (Å²) in [4.78, 5) is 3.74. The van der Waals surface area contributed by atoms with Crippen LogP contribution in [-0.4, -0.2) is 11.3 Å². The fraction of sp³-hybridized carbons (Fsp3) is 0. The van der Waals surface area contributed by atoms with Crippen molar-refractivity contribution in [2.24, 2.45) is 0 Å². The van der Waals surface area contributed by atoms with Gasteiger partial charge in [-0.05, 0) is 0 Å². The van der Waals surface area contributed by atoms with Crippen molar-refractivity contribution < 1.29 is 19.5 Å². The molecule has 0 aliphatic rings. The van der Waals surface area contributed by atoms with Gasteiger partial charge in [-0.2, -0.15) is 0 Å². The van der Waals surface area contributed by atoms with Crippen LogP contribution in [0.1, 0.15) is 0 Å². The van der Waals surface area contributed by atoms with Gasteiger partial charge >= 0.3 is 0 Å². The molecule has 1 rings (SSSR count). The SMILES string of the molecule is C=P.[Ru].c1cscn1. The van der Waals surface area contributed by atoms with Crippen molar-refractivity contribution in [3.05, 3.63) is 17.1 Å². The van der Waals surface area contributed by atoms with Gasteiger partial charge in [-0.1, -0.05) is 6.30 Å². The first-order valence-corrected chi connectivity index (χ1v) is 3.32. The van der Waals surface area contributed by atoms with Gasteiger partial charge in [-0.25, -0.2) is 0 Å². The average Bonchev–Trinajstić information content (AvgIpc) is 2.23. The molecular formula is C4H6NPRuS. The van der Waals surface area contributed by atoms with Crippen molar-refractivity contribution in [2.75, 3.05) is 0 Å². The normalized spacial score (nSPS) is 5.50. The van der Waals surface area contributed by atoms with Crippen molar-refractivity contribution in [3.63, 3.8) is 0 Å². The Kier molecular flexibility index (Phi) is 14.6. The smallest absolute Gasteiger partial charge is 0.0791 e. The molecule has 1 aromatic rings. The Labute approximate surface area is 68.1 Å². The standard InChI is InChI=1S/C3H3NS.CH3P.Ru/c1-2-5-3-4-1;1-2;/h1-3H;2H,1H2;. The zero-order valence-electron chi connectivity index (χ0n) is 4.15. The van der Waals surface area contributed by atoms with Gasteiger partial charge in [0.2, 0.25) is 0 Å². The van der Waals surface area contributed by atoms with Gasteiger partial charge in [0.25, 0.3) is 0 Å². The summed E-state index contributed by atoms with van der Waals surface area (Å²) in [6.45, 7) is 0. The quantitative estimate of drug-likeness (QED) is 0.490. The van der Waals surface area contributed by atoms with Crippen LogP contribution in [-0.2, 0) is 19.5 Å². The molecule has 0 unspecified atom stereocenters. The van der Waals surface area contributed by atoms with Crippen molar-refractivity contribution in [2.45, 2.75) is 0 Å². The van der Waals surface area contributed by atoms with Crippen LogP contribution in [0.25, 0.3) is 0 Å². The first-order valence-electron chi connectivity index (χ1n) is 1.67. The van der Waals surface area contributed by atoms with E-state index in [2.05, 4.69) is 20.1 Å². The van der Waals surface area contributed by atoms with Crippen LogP contribution < -0.4 is 0 Å². The molecule has 0 aliphatic carbocycles. The Morgan fingerprint density at radius 2 is 2.12 bits per heavy atom. The molecule has 0 saturated heterocycles. The van der Waals surface area contributed by atoms with Crippen LogP contribution in [0.5, 0.6) is 0 Å². The number of thiazole rings is 1. The van der Waals surface area contributed by atoms with Gasteiger partial charge in [0.1, 0.15) is 0 Å². The van der Waals surface area contributed by atoms with E-state index in [0.29, 0.717) is 0 Å². The Morgan fingerprint density at radius 1 is 1.50 bits per heavy atom. The summed E-state index contributed by atoms with van der Waals surface area (Å²) in [5, 5.41) is 1.93. The summed E-state index contributed by atoms with van der Waals surface area (Å²) in [7, 11) is 2.72. The summed E-state index contributed by atoms with van der Waals surface area (Å²) in [5.41, 5.74) is 1.79. The zero-order valence-corrected chi connectivity index (χ0v) is 7.70. The van der Waals surface area contributed by atoms with Crippen molar-refractivity contribution in [1.29, 1.82) is 0 Å². The van der Waals surface area contributed by atoms with Crippen LogP contribution in [0.2, 0.25) is 0 Å². The van der Waals surface area contributed by atoms with Crippen LogP contribution in [0, 0.1) is 0 Å². The molecule has 1 nitrogen and oxygen atoms in total. The van der Waals surface area contributed by atoms with E-state index in [0.717, 1.165) is 0 Å². The molecule has 0 amide bonds. The molecule has 0 spiro atoms. The summed E-state index contributed by atoms with van der Waals surface area (Å²) < 4.78 is 0. The minimum Gasteiger partial charge on any atom is -0.253 e. The van der Waals surface area contributed by atoms with Crippen molar-refractivity contribution in [1.82, 2.24) is 4.98 Å². The largest absolute Gasteiger partial charge is 0.253 e. The molecule has 0 radical (unpaired) electrons. The molecule has 46 valence electrons. The zero-order chi connectivity index (χ0) is 5.54. The molecule has 1 aromatic heterocycles. The minimum absolute atomic E-state index is 0. The summed E-state index contributed by atoms with van der Waals surface area (Å²) >= 11 is 1.60. The summed E-state index contributed by atoms with van der Waals surface area (Å²) in [6.07, 6.45) is 4.82. The second-order valence-corrected chi connectivity index (χ2v) is 1.43. The second kappa shape index (κ2) is 10.4. The van der Waals surface area contributed by atoms with Gasteiger partial charge in [0, 0.05) is 31.1 Å². The Morgan fingerprint density at radius 3 is 2.25 bits per heavy atom. The minimum atomic E-state index is 0. The molecule has 0 bridgehead atoms. The average molecular weight is 232 g/mol. The van der Waals surface area contributed by atoms with E-state index in [1.165, 1.54) is 0 Å². The van der Waals surface area contributed by atoms with Gasteiger partial charge in [0.05, 0.1) is 5.51 Å². The van der Waals surface area contributed by atoms with Crippen LogP contribution in [0.4, 0.5) is 0 Å². The third-order valence-corrected chi connectivity index (χ3v) is 0.869. The fourth-order valence-electron chi connectivity index (χ4n) is 0.176. The summed E-state index contributed by atoms with van der Waals surface area (Å²) in [5.74, 6) is 0. The maximum atomic E-state index is 3.74. The maximum absolute atomic E-state index is 3.74. The van der Waals surface area contributed by atoms with Gasteiger partial charge in [-0.15, -0.1) is 20.2 Å². The monoisotopic (exact) mass is 233 g/mol. The van der Waals surface area contributed by atoms with E-state index in [4.69, 9.17) is 0 Å². The third-order valence-electron chi connectivity index (χ3n) is 0.347. The van der Waals surface area contributed by atoms with E-state index >= 15 is 0 Å². The topological polar surface area (TPSA) is 12.9 Å². The number of hydrogen-bond acceptors (Lipinski definition) is 2. The Hall–Kier alpha value is 0.423. The number of aromatic nitrogens is 1. The Balaban J connectivity index is 0. The van der Waals surface area contributed by atoms with E-state index in [1.54, 1.807) is 23.0 Å². The molecule has 0 aliphatic heterocycles. The van der Waals surface area contributed by atoms with Crippen LogP contribution in [0.3, 0.4) is 0 Å². The van der Waals surface area contributed by atoms with Crippen molar-refractivity contribution >= 4 is 26.5 Å². The van der Waals surface area contributed by atoms with E-state index < -0.39 is 0 Å². The maximum Gasteiger partial charge on any atom is 0.0791 e. The van der Waals surface area contributed by atoms with E-state index in [1.807, 2.05) is 5.38 Å². The molecule has 4 heteroatoms. The number of nitrogens with zero attached hydrogens (tertiary/aromatic N) is 1. The van der Waals surface area contributed by atoms with Crippen LogP contribution in [0.15, 0.2) is 17.1 Å². The number of hydrogen-bond donors (Lipinski definition) is 0. The van der Waals surface area contributed by atoms with Gasteiger partial charge in [-0.3, -0.25) is 4.98 Å². The molecule has 0 atom stereocenters. The second-order valence-electron chi connectivity index (χ2n) is 0.676. The van der Waals surface area contributed by atoms with Gasteiger partial charge in [0.15, 0.2) is 0 Å². The molecular weight excluding hydrogens is 226 g/mol. The molecule has 8 heavy (non-hydrogen) atoms. The molecule has 0 N–H and O–H groups in total. The van der Waals surface area contributed by atoms with E-state index in [-0.39, 0.29) is 19.5 Å². The predicted molar refractivity (Wildman–Crippen MR) is 37.6 cm³/mol. The molecule has 0 saturated carbocycles. The van der Waals surface area contributed by atoms with Crippen LogP contribution >= 0.6 is 20.2 Å². The fourth-order valence-corrected chi connectivity index (χ4v) is 0.527. The summed E-state index contributed by atoms with van der Waals surface area (Å²) in [6, 6.07) is 0. The number of rotatable bonds is 0. The Bertz CT molecular complexity index is 82.9. The predicted octanol–water partition coefficient (Wildman–Crippen LogP) is 1.70. The van der Waals surface area contributed by atoms with Crippen molar-refractivity contribution in [3.8, 4) is 0 Å². The molecule has 0 fully saturated rings. The molecule has 1 heterocycles. The third kappa shape index (κ3) is 6.42. The van der Waals surface area contributed by atoms with E-state index in [9.17, 15) is 0 Å². The first kappa shape index (κ1) is 11.3. The van der Waals surface area contributed by atoms with Gasteiger partial charge < -0.3 is 0 Å².